The topological polar surface area (TPSA) is 94.0 Å². The lowest BCUT2D eigenvalue weighted by molar-refractivity contribution is 0.262. The highest BCUT2D eigenvalue weighted by Crippen LogP contribution is 2.22. The number of rotatable bonds is 5. The first-order valence-corrected chi connectivity index (χ1v) is 8.71. The van der Waals surface area contributed by atoms with Gasteiger partial charge in [-0.05, 0) is 48.5 Å². The number of anilines is 2. The van der Waals surface area contributed by atoms with E-state index in [0.29, 0.717) is 23.3 Å². The van der Waals surface area contributed by atoms with Crippen LogP contribution in [0.25, 0.3) is 5.82 Å². The van der Waals surface area contributed by atoms with Gasteiger partial charge >= 0.3 is 6.03 Å². The molecule has 0 aliphatic carbocycles. The second-order valence-corrected chi connectivity index (χ2v) is 6.01. The van der Waals surface area contributed by atoms with Crippen LogP contribution in [0.3, 0.4) is 0 Å². The number of benzene rings is 2. The van der Waals surface area contributed by atoms with Crippen LogP contribution in [0.1, 0.15) is 0 Å². The number of halogens is 2. The molecule has 30 heavy (non-hydrogen) atoms. The van der Waals surface area contributed by atoms with E-state index in [1.807, 2.05) is 0 Å². The average molecular weight is 408 g/mol. The van der Waals surface area contributed by atoms with Crippen molar-refractivity contribution in [1.29, 1.82) is 0 Å². The molecule has 0 saturated carbocycles. The molecular formula is C20H14F2N6O2. The maximum atomic E-state index is 13.6. The van der Waals surface area contributed by atoms with E-state index in [4.69, 9.17) is 4.74 Å². The van der Waals surface area contributed by atoms with E-state index >= 15 is 0 Å². The summed E-state index contributed by atoms with van der Waals surface area (Å²) in [5.41, 5.74) is 0.313. The highest BCUT2D eigenvalue weighted by Gasteiger charge is 2.09. The fraction of sp³-hybridized carbons (Fsp3) is 0. The molecule has 8 nitrogen and oxygen atoms in total. The highest BCUT2D eigenvalue weighted by molar-refractivity contribution is 5.99. The number of carbonyl (C=O) groups excluding carboxylic acids is 1. The van der Waals surface area contributed by atoms with Gasteiger partial charge in [0.15, 0.2) is 5.82 Å². The molecule has 0 spiro atoms. The third kappa shape index (κ3) is 4.55. The molecule has 0 bridgehead atoms. The van der Waals surface area contributed by atoms with Crippen molar-refractivity contribution >= 4 is 17.4 Å². The number of hydrogen-bond donors (Lipinski definition) is 2. The molecule has 2 heterocycles. The van der Waals surface area contributed by atoms with Crippen LogP contribution in [-0.2, 0) is 0 Å². The van der Waals surface area contributed by atoms with E-state index in [1.165, 1.54) is 0 Å². The molecule has 150 valence electrons. The largest absolute Gasteiger partial charge is 0.438 e. The Morgan fingerprint density at radius 1 is 0.967 bits per heavy atom. The minimum Gasteiger partial charge on any atom is -0.438 e. The number of ether oxygens (including phenoxy) is 1. The van der Waals surface area contributed by atoms with Gasteiger partial charge in [-0.3, -0.25) is 0 Å². The van der Waals surface area contributed by atoms with Crippen LogP contribution in [0.5, 0.6) is 11.6 Å². The summed E-state index contributed by atoms with van der Waals surface area (Å²) in [4.78, 5) is 12.0. The third-order valence-corrected chi connectivity index (χ3v) is 3.88. The van der Waals surface area contributed by atoms with Gasteiger partial charge in [-0.1, -0.05) is 0 Å². The van der Waals surface area contributed by atoms with Crippen LogP contribution in [0.2, 0.25) is 0 Å². The number of urea groups is 1. The fourth-order valence-electron chi connectivity index (χ4n) is 2.50. The maximum absolute atomic E-state index is 13.6. The first-order valence-electron chi connectivity index (χ1n) is 8.71. The Bertz CT molecular complexity index is 1150. The van der Waals surface area contributed by atoms with Gasteiger partial charge in [0.05, 0.1) is 5.69 Å². The van der Waals surface area contributed by atoms with Crippen LogP contribution in [0.15, 0.2) is 73.1 Å². The second kappa shape index (κ2) is 8.35. The summed E-state index contributed by atoms with van der Waals surface area (Å²) < 4.78 is 33.7. The van der Waals surface area contributed by atoms with Crippen molar-refractivity contribution < 1.29 is 18.3 Å². The number of aromatic nitrogens is 4. The molecule has 0 aliphatic heterocycles. The smallest absolute Gasteiger partial charge is 0.323 e. The van der Waals surface area contributed by atoms with Crippen LogP contribution in [-0.4, -0.2) is 26.0 Å². The summed E-state index contributed by atoms with van der Waals surface area (Å²) in [5.74, 6) is -0.276. The van der Waals surface area contributed by atoms with E-state index in [9.17, 15) is 13.6 Å². The maximum Gasteiger partial charge on any atom is 0.323 e. The minimum absolute atomic E-state index is 0.133. The van der Waals surface area contributed by atoms with Crippen molar-refractivity contribution in [3.05, 3.63) is 84.7 Å². The monoisotopic (exact) mass is 408 g/mol. The van der Waals surface area contributed by atoms with Gasteiger partial charge in [-0.25, -0.2) is 18.3 Å². The Kier molecular flexibility index (Phi) is 5.29. The number of nitrogens with zero attached hydrogens (tertiary/aromatic N) is 4. The Labute approximate surface area is 169 Å². The summed E-state index contributed by atoms with van der Waals surface area (Å²) in [6.45, 7) is 0. The van der Waals surface area contributed by atoms with Crippen LogP contribution < -0.4 is 15.4 Å². The minimum atomic E-state index is -0.867. The van der Waals surface area contributed by atoms with Crippen molar-refractivity contribution in [2.75, 3.05) is 10.6 Å². The predicted molar refractivity (Wildman–Crippen MR) is 105 cm³/mol. The Hall–Kier alpha value is -4.34. The summed E-state index contributed by atoms with van der Waals surface area (Å²) in [6, 6.07) is 13.8. The Morgan fingerprint density at radius 3 is 2.47 bits per heavy atom. The molecule has 2 amide bonds. The molecule has 0 aliphatic rings. The van der Waals surface area contributed by atoms with Gasteiger partial charge in [0.1, 0.15) is 17.4 Å². The number of nitrogens with one attached hydrogen (secondary N) is 2. The molecule has 0 saturated heterocycles. The van der Waals surface area contributed by atoms with Gasteiger partial charge < -0.3 is 15.4 Å². The molecule has 10 heteroatoms. The van der Waals surface area contributed by atoms with Crippen molar-refractivity contribution in [2.45, 2.75) is 0 Å². The third-order valence-electron chi connectivity index (χ3n) is 3.88. The standard InChI is InChI=1S/C20H14F2N6O2/c21-13-2-7-17(16(22)12-13)25-20(29)24-14-3-5-15(6-4-14)30-19-9-8-18(26-27-19)28-11-1-10-23-28/h1-12H,(H2,24,25,29). The zero-order chi connectivity index (χ0) is 20.9. The lowest BCUT2D eigenvalue weighted by Gasteiger charge is -2.09. The van der Waals surface area contributed by atoms with Crippen LogP contribution in [0, 0.1) is 11.6 Å². The molecule has 4 aromatic rings. The second-order valence-electron chi connectivity index (χ2n) is 6.01. The first-order chi connectivity index (χ1) is 14.6. The highest BCUT2D eigenvalue weighted by atomic mass is 19.1. The van der Waals surface area contributed by atoms with E-state index in [0.717, 1.165) is 12.1 Å². The molecule has 4 rings (SSSR count). The summed E-state index contributed by atoms with van der Waals surface area (Å²) in [7, 11) is 0. The van der Waals surface area contributed by atoms with Gasteiger partial charge in [0.25, 0.3) is 0 Å². The molecule has 0 atom stereocenters. The quantitative estimate of drug-likeness (QED) is 0.511. The number of carbonyl (C=O) groups is 1. The molecule has 0 unspecified atom stereocenters. The Morgan fingerprint density at radius 2 is 1.80 bits per heavy atom. The summed E-state index contributed by atoms with van der Waals surface area (Å²) >= 11 is 0. The van der Waals surface area contributed by atoms with Crippen molar-refractivity contribution in [3.63, 3.8) is 0 Å². The normalized spacial score (nSPS) is 10.5. The van der Waals surface area contributed by atoms with Gasteiger partial charge in [-0.2, -0.15) is 5.10 Å². The van der Waals surface area contributed by atoms with E-state index < -0.39 is 17.7 Å². The molecule has 2 aromatic carbocycles. The lowest BCUT2D eigenvalue weighted by Crippen LogP contribution is -2.20. The molecule has 2 N–H and O–H groups in total. The SMILES string of the molecule is O=C(Nc1ccc(Oc2ccc(-n3cccn3)nn2)cc1)Nc1ccc(F)cc1F. The van der Waals surface area contributed by atoms with E-state index in [-0.39, 0.29) is 11.6 Å². The van der Waals surface area contributed by atoms with Crippen molar-refractivity contribution in [3.8, 4) is 17.4 Å². The number of hydrogen-bond acceptors (Lipinski definition) is 5. The van der Waals surface area contributed by atoms with Gasteiger partial charge in [0, 0.05) is 30.2 Å². The van der Waals surface area contributed by atoms with Crippen molar-refractivity contribution in [1.82, 2.24) is 20.0 Å². The van der Waals surface area contributed by atoms with Crippen molar-refractivity contribution in [2.24, 2.45) is 0 Å². The van der Waals surface area contributed by atoms with Gasteiger partial charge in [-0.15, -0.1) is 10.2 Å². The fourth-order valence-corrected chi connectivity index (χ4v) is 2.50. The summed E-state index contributed by atoms with van der Waals surface area (Å²) in [6.07, 6.45) is 3.38. The molecule has 2 aromatic heterocycles. The number of amides is 2. The zero-order valence-corrected chi connectivity index (χ0v) is 15.3. The molecular weight excluding hydrogens is 394 g/mol. The lowest BCUT2D eigenvalue weighted by atomic mass is 10.3. The molecule has 0 radical (unpaired) electrons. The first kappa shape index (κ1) is 19.0. The predicted octanol–water partition coefficient (Wildman–Crippen LogP) is 4.38. The van der Waals surface area contributed by atoms with E-state index in [1.54, 1.807) is 59.5 Å². The van der Waals surface area contributed by atoms with Crippen LogP contribution in [0.4, 0.5) is 25.0 Å². The van der Waals surface area contributed by atoms with Gasteiger partial charge in [0.2, 0.25) is 5.88 Å². The average Bonchev–Trinajstić information content (AvgIpc) is 3.27. The van der Waals surface area contributed by atoms with Crippen LogP contribution >= 0.6 is 0 Å². The molecule has 0 fully saturated rings. The Balaban J connectivity index is 1.35. The summed E-state index contributed by atoms with van der Waals surface area (Å²) in [5, 5.41) is 16.9. The zero-order valence-electron chi connectivity index (χ0n) is 15.3. The van der Waals surface area contributed by atoms with E-state index in [2.05, 4.69) is 25.9 Å².